The maximum absolute atomic E-state index is 11.3. The molecule has 0 aliphatic carbocycles. The molecule has 0 aliphatic heterocycles. The van der Waals surface area contributed by atoms with Crippen molar-refractivity contribution in [1.82, 2.24) is 0 Å². The van der Waals surface area contributed by atoms with Crippen LogP contribution in [0.5, 0.6) is 0 Å². The van der Waals surface area contributed by atoms with Gasteiger partial charge in [0.1, 0.15) is 0 Å². The highest BCUT2D eigenvalue weighted by atomic mass is 16.6. The van der Waals surface area contributed by atoms with Gasteiger partial charge in [-0.25, -0.2) is 0 Å². The van der Waals surface area contributed by atoms with Crippen LogP contribution in [0.25, 0.3) is 0 Å². The van der Waals surface area contributed by atoms with Gasteiger partial charge in [0, 0.05) is 18.8 Å². The number of nitrogens with two attached hydrogens (primary N) is 1. The van der Waals surface area contributed by atoms with Crippen LogP contribution in [0.4, 0.5) is 0 Å². The minimum absolute atomic E-state index is 0.110. The zero-order chi connectivity index (χ0) is 12.6. The van der Waals surface area contributed by atoms with Crippen LogP contribution >= 0.6 is 0 Å². The number of rotatable bonds is 7. The molecule has 16 heavy (non-hydrogen) atoms. The molecule has 0 aromatic heterocycles. The molecule has 0 heterocycles. The second-order valence-electron chi connectivity index (χ2n) is 3.98. The summed E-state index contributed by atoms with van der Waals surface area (Å²) in [5.74, 6) is -0.461. The highest BCUT2D eigenvalue weighted by molar-refractivity contribution is 5.70. The van der Waals surface area contributed by atoms with E-state index in [1.165, 1.54) is 7.11 Å². The van der Waals surface area contributed by atoms with E-state index in [9.17, 15) is 9.59 Å². The lowest BCUT2D eigenvalue weighted by molar-refractivity contribution is -0.151. The molecule has 0 aliphatic rings. The molecule has 94 valence electrons. The number of esters is 2. The maximum Gasteiger partial charge on any atom is 0.307 e. The highest BCUT2D eigenvalue weighted by Gasteiger charge is 2.13. The summed E-state index contributed by atoms with van der Waals surface area (Å²) in [6, 6.07) is 0. The molecule has 0 radical (unpaired) electrons. The summed E-state index contributed by atoms with van der Waals surface area (Å²) in [4.78, 5) is 22.0. The number of ether oxygens (including phenoxy) is 2. The van der Waals surface area contributed by atoms with Crippen LogP contribution in [0, 0.1) is 5.92 Å². The Bertz CT molecular complexity index is 228. The third-order valence-corrected chi connectivity index (χ3v) is 2.16. The standard InChI is InChI=1S/C11H21NO4/c1-8(2)11(12)16-10(14)7-5-4-6-9(13)15-3/h8,11H,4-7,12H2,1-3H3. The monoisotopic (exact) mass is 231 g/mol. The first kappa shape index (κ1) is 14.9. The summed E-state index contributed by atoms with van der Waals surface area (Å²) < 4.78 is 9.45. The minimum Gasteiger partial charge on any atom is -0.469 e. The largest absolute Gasteiger partial charge is 0.469 e. The van der Waals surface area contributed by atoms with Crippen LogP contribution in [-0.2, 0) is 19.1 Å². The van der Waals surface area contributed by atoms with Gasteiger partial charge >= 0.3 is 11.9 Å². The van der Waals surface area contributed by atoms with Gasteiger partial charge in [-0.1, -0.05) is 13.8 Å². The Kier molecular flexibility index (Phi) is 7.54. The lowest BCUT2D eigenvalue weighted by atomic mass is 10.2. The van der Waals surface area contributed by atoms with Gasteiger partial charge in [0.05, 0.1) is 7.11 Å². The van der Waals surface area contributed by atoms with Gasteiger partial charge in [0.25, 0.3) is 0 Å². The summed E-state index contributed by atoms with van der Waals surface area (Å²) in [7, 11) is 1.35. The SMILES string of the molecule is COC(=O)CCCCC(=O)OC(N)C(C)C. The summed E-state index contributed by atoms with van der Waals surface area (Å²) in [6.07, 6.45) is 1.31. The van der Waals surface area contributed by atoms with Crippen molar-refractivity contribution < 1.29 is 19.1 Å². The first-order valence-electron chi connectivity index (χ1n) is 5.49. The summed E-state index contributed by atoms with van der Waals surface area (Å²) >= 11 is 0. The van der Waals surface area contributed by atoms with Crippen molar-refractivity contribution >= 4 is 11.9 Å². The molecule has 0 aromatic carbocycles. The Morgan fingerprint density at radius 3 is 2.06 bits per heavy atom. The maximum atomic E-state index is 11.3. The third kappa shape index (κ3) is 7.23. The molecule has 0 bridgehead atoms. The van der Waals surface area contributed by atoms with Gasteiger partial charge in [0.2, 0.25) is 0 Å². The number of carbonyl (C=O) groups excluding carboxylic acids is 2. The van der Waals surface area contributed by atoms with Crippen LogP contribution < -0.4 is 5.73 Å². The summed E-state index contributed by atoms with van der Waals surface area (Å²) in [5, 5.41) is 0. The second-order valence-corrected chi connectivity index (χ2v) is 3.98. The molecule has 0 fully saturated rings. The average molecular weight is 231 g/mol. The van der Waals surface area contributed by atoms with Gasteiger partial charge < -0.3 is 9.47 Å². The summed E-state index contributed by atoms with van der Waals surface area (Å²) in [5.41, 5.74) is 5.57. The smallest absolute Gasteiger partial charge is 0.307 e. The normalized spacial score (nSPS) is 12.3. The van der Waals surface area contributed by atoms with E-state index >= 15 is 0 Å². The quantitative estimate of drug-likeness (QED) is 0.404. The van der Waals surface area contributed by atoms with Crippen molar-refractivity contribution in [2.45, 2.75) is 45.8 Å². The van der Waals surface area contributed by atoms with Gasteiger partial charge in [0.15, 0.2) is 6.23 Å². The molecule has 5 nitrogen and oxygen atoms in total. The fourth-order valence-corrected chi connectivity index (χ4v) is 0.988. The molecule has 1 atom stereocenters. The Labute approximate surface area is 96.3 Å². The minimum atomic E-state index is -0.548. The third-order valence-electron chi connectivity index (χ3n) is 2.16. The van der Waals surface area contributed by atoms with E-state index in [1.807, 2.05) is 13.8 Å². The van der Waals surface area contributed by atoms with E-state index in [0.717, 1.165) is 0 Å². The molecule has 0 rings (SSSR count). The molecule has 0 saturated carbocycles. The van der Waals surface area contributed by atoms with Crippen molar-refractivity contribution in [1.29, 1.82) is 0 Å². The van der Waals surface area contributed by atoms with E-state index in [0.29, 0.717) is 19.3 Å². The van der Waals surface area contributed by atoms with Crippen molar-refractivity contribution in [3.63, 3.8) is 0 Å². The first-order chi connectivity index (χ1) is 7.47. The Morgan fingerprint density at radius 1 is 1.12 bits per heavy atom. The van der Waals surface area contributed by atoms with Crippen molar-refractivity contribution in [2.24, 2.45) is 11.7 Å². The fourth-order valence-electron chi connectivity index (χ4n) is 0.988. The lowest BCUT2D eigenvalue weighted by Gasteiger charge is -2.16. The zero-order valence-corrected chi connectivity index (χ0v) is 10.2. The van der Waals surface area contributed by atoms with Crippen LogP contribution in [0.15, 0.2) is 0 Å². The predicted octanol–water partition coefficient (Wildman–Crippen LogP) is 1.20. The first-order valence-corrected chi connectivity index (χ1v) is 5.49. The zero-order valence-electron chi connectivity index (χ0n) is 10.2. The number of methoxy groups -OCH3 is 1. The van der Waals surface area contributed by atoms with Gasteiger partial charge in [-0.2, -0.15) is 0 Å². The van der Waals surface area contributed by atoms with Gasteiger partial charge in [-0.15, -0.1) is 0 Å². The topological polar surface area (TPSA) is 78.6 Å². The molecule has 0 saturated heterocycles. The molecule has 0 aromatic rings. The Hall–Kier alpha value is -1.10. The van der Waals surface area contributed by atoms with Crippen LogP contribution in [0.1, 0.15) is 39.5 Å². The van der Waals surface area contributed by atoms with E-state index in [-0.39, 0.29) is 24.3 Å². The van der Waals surface area contributed by atoms with E-state index < -0.39 is 6.23 Å². The van der Waals surface area contributed by atoms with Crippen molar-refractivity contribution in [2.75, 3.05) is 7.11 Å². The van der Waals surface area contributed by atoms with Gasteiger partial charge in [-0.3, -0.25) is 15.3 Å². The van der Waals surface area contributed by atoms with E-state index in [4.69, 9.17) is 10.5 Å². The molecule has 0 amide bonds. The molecule has 0 spiro atoms. The molecular formula is C11H21NO4. The van der Waals surface area contributed by atoms with E-state index in [2.05, 4.69) is 4.74 Å². The number of unbranched alkanes of at least 4 members (excludes halogenated alkanes) is 1. The lowest BCUT2D eigenvalue weighted by Crippen LogP contribution is -2.32. The highest BCUT2D eigenvalue weighted by Crippen LogP contribution is 2.06. The average Bonchev–Trinajstić information content (AvgIpc) is 2.23. The van der Waals surface area contributed by atoms with Crippen molar-refractivity contribution in [3.05, 3.63) is 0 Å². The predicted molar refractivity (Wildman–Crippen MR) is 59.4 cm³/mol. The molecule has 1 unspecified atom stereocenters. The molecule has 5 heteroatoms. The van der Waals surface area contributed by atoms with Crippen molar-refractivity contribution in [3.8, 4) is 0 Å². The molecular weight excluding hydrogens is 210 g/mol. The molecule has 2 N–H and O–H groups in total. The number of hydrogen-bond acceptors (Lipinski definition) is 5. The van der Waals surface area contributed by atoms with Crippen LogP contribution in [-0.4, -0.2) is 25.3 Å². The van der Waals surface area contributed by atoms with E-state index in [1.54, 1.807) is 0 Å². The fraction of sp³-hybridized carbons (Fsp3) is 0.818. The van der Waals surface area contributed by atoms with Gasteiger partial charge in [-0.05, 0) is 12.8 Å². The second kappa shape index (κ2) is 8.10. The Balaban J connectivity index is 3.55. The summed E-state index contributed by atoms with van der Waals surface area (Å²) in [6.45, 7) is 3.77. The Morgan fingerprint density at radius 2 is 1.62 bits per heavy atom. The number of hydrogen-bond donors (Lipinski definition) is 1. The number of carbonyl (C=O) groups is 2. The van der Waals surface area contributed by atoms with Crippen LogP contribution in [0.2, 0.25) is 0 Å². The van der Waals surface area contributed by atoms with Crippen LogP contribution in [0.3, 0.4) is 0 Å².